The summed E-state index contributed by atoms with van der Waals surface area (Å²) < 4.78 is 5.40. The van der Waals surface area contributed by atoms with Gasteiger partial charge in [0.15, 0.2) is 0 Å². The maximum Gasteiger partial charge on any atom is 0.0469 e. The predicted octanol–water partition coefficient (Wildman–Crippen LogP) is 2.58. The van der Waals surface area contributed by atoms with Gasteiger partial charge >= 0.3 is 0 Å². The summed E-state index contributed by atoms with van der Waals surface area (Å²) >= 11 is 0. The molecule has 0 aromatic rings. The van der Waals surface area contributed by atoms with Crippen LogP contribution in [-0.2, 0) is 4.74 Å². The molecule has 1 atom stereocenters. The van der Waals surface area contributed by atoms with E-state index >= 15 is 0 Å². The van der Waals surface area contributed by atoms with Gasteiger partial charge in [-0.2, -0.15) is 0 Å². The topological polar surface area (TPSA) is 21.3 Å². The van der Waals surface area contributed by atoms with Crippen molar-refractivity contribution in [2.45, 2.75) is 52.0 Å². The lowest BCUT2D eigenvalue weighted by Crippen LogP contribution is -2.38. The average molecular weight is 199 g/mol. The van der Waals surface area contributed by atoms with Gasteiger partial charge in [-0.05, 0) is 31.7 Å². The maximum atomic E-state index is 5.40. The number of unbranched alkanes of at least 4 members (excludes halogenated alkanes) is 1. The van der Waals surface area contributed by atoms with Crippen LogP contribution in [0, 0.1) is 5.92 Å². The highest BCUT2D eigenvalue weighted by atomic mass is 16.5. The summed E-state index contributed by atoms with van der Waals surface area (Å²) in [5, 5.41) is 3.63. The van der Waals surface area contributed by atoms with Gasteiger partial charge in [0.2, 0.25) is 0 Å². The Balaban J connectivity index is 2.30. The van der Waals surface area contributed by atoms with Gasteiger partial charge in [0.25, 0.3) is 0 Å². The normalized spacial score (nSPS) is 21.0. The second-order valence-electron chi connectivity index (χ2n) is 4.26. The molecule has 0 aromatic carbocycles. The van der Waals surface area contributed by atoms with Crippen LogP contribution in [0.2, 0.25) is 0 Å². The molecule has 1 aliphatic heterocycles. The molecule has 1 aliphatic rings. The zero-order valence-electron chi connectivity index (χ0n) is 9.72. The summed E-state index contributed by atoms with van der Waals surface area (Å²) in [4.78, 5) is 0. The largest absolute Gasteiger partial charge is 0.381 e. The highest BCUT2D eigenvalue weighted by Gasteiger charge is 2.22. The fourth-order valence-electron chi connectivity index (χ4n) is 2.31. The minimum Gasteiger partial charge on any atom is -0.381 e. The molecule has 1 rings (SSSR count). The maximum absolute atomic E-state index is 5.40. The van der Waals surface area contributed by atoms with Crippen LogP contribution < -0.4 is 5.32 Å². The van der Waals surface area contributed by atoms with Crippen molar-refractivity contribution < 1.29 is 4.74 Å². The van der Waals surface area contributed by atoms with Crippen LogP contribution in [-0.4, -0.2) is 25.8 Å². The molecule has 1 unspecified atom stereocenters. The van der Waals surface area contributed by atoms with Crippen molar-refractivity contribution in [3.8, 4) is 0 Å². The van der Waals surface area contributed by atoms with Gasteiger partial charge in [-0.3, -0.25) is 0 Å². The summed E-state index contributed by atoms with van der Waals surface area (Å²) in [5.41, 5.74) is 0. The number of hydrogen-bond acceptors (Lipinski definition) is 2. The molecule has 0 radical (unpaired) electrons. The fourth-order valence-corrected chi connectivity index (χ4v) is 2.31. The molecule has 1 fully saturated rings. The van der Waals surface area contributed by atoms with Gasteiger partial charge in [-0.15, -0.1) is 0 Å². The lowest BCUT2D eigenvalue weighted by molar-refractivity contribution is 0.0525. The summed E-state index contributed by atoms with van der Waals surface area (Å²) in [6.45, 7) is 7.52. The Bertz CT molecular complexity index is 132. The Morgan fingerprint density at radius 2 is 2.00 bits per heavy atom. The first-order valence-electron chi connectivity index (χ1n) is 6.19. The van der Waals surface area contributed by atoms with E-state index in [-0.39, 0.29) is 0 Å². The third-order valence-electron chi connectivity index (χ3n) is 3.17. The molecule has 1 heterocycles. The average Bonchev–Trinajstić information content (AvgIpc) is 2.25. The summed E-state index contributed by atoms with van der Waals surface area (Å²) in [6.07, 6.45) is 6.51. The molecule has 1 N–H and O–H groups in total. The van der Waals surface area contributed by atoms with Crippen molar-refractivity contribution in [2.75, 3.05) is 19.8 Å². The van der Waals surface area contributed by atoms with Crippen LogP contribution in [0.1, 0.15) is 46.0 Å². The molecule has 0 saturated carbocycles. The van der Waals surface area contributed by atoms with Gasteiger partial charge < -0.3 is 10.1 Å². The molecule has 2 nitrogen and oxygen atoms in total. The van der Waals surface area contributed by atoms with E-state index in [0.717, 1.165) is 31.7 Å². The van der Waals surface area contributed by atoms with E-state index in [1.807, 2.05) is 0 Å². The lowest BCUT2D eigenvalue weighted by Gasteiger charge is -2.30. The van der Waals surface area contributed by atoms with Crippen LogP contribution in [0.5, 0.6) is 0 Å². The van der Waals surface area contributed by atoms with Crippen molar-refractivity contribution >= 4 is 0 Å². The summed E-state index contributed by atoms with van der Waals surface area (Å²) in [6, 6.07) is 0.740. The van der Waals surface area contributed by atoms with Crippen molar-refractivity contribution in [3.63, 3.8) is 0 Å². The van der Waals surface area contributed by atoms with Gasteiger partial charge in [-0.1, -0.05) is 26.7 Å². The van der Waals surface area contributed by atoms with E-state index in [1.54, 1.807) is 0 Å². The molecular weight excluding hydrogens is 174 g/mol. The first-order chi connectivity index (χ1) is 6.88. The minimum atomic E-state index is 0.740. The van der Waals surface area contributed by atoms with Crippen LogP contribution in [0.3, 0.4) is 0 Å². The van der Waals surface area contributed by atoms with Gasteiger partial charge in [0, 0.05) is 19.3 Å². The Morgan fingerprint density at radius 1 is 1.29 bits per heavy atom. The van der Waals surface area contributed by atoms with E-state index < -0.39 is 0 Å². The SMILES string of the molecule is CCCCC(NCC)C1CCOCC1. The van der Waals surface area contributed by atoms with Crippen LogP contribution in [0.15, 0.2) is 0 Å². The second-order valence-corrected chi connectivity index (χ2v) is 4.26. The fraction of sp³-hybridized carbons (Fsp3) is 1.00. The van der Waals surface area contributed by atoms with Crippen LogP contribution in [0.25, 0.3) is 0 Å². The first-order valence-corrected chi connectivity index (χ1v) is 6.19. The van der Waals surface area contributed by atoms with E-state index in [4.69, 9.17) is 4.74 Å². The summed E-state index contributed by atoms with van der Waals surface area (Å²) in [7, 11) is 0. The summed E-state index contributed by atoms with van der Waals surface area (Å²) in [5.74, 6) is 0.857. The number of ether oxygens (including phenoxy) is 1. The first kappa shape index (κ1) is 12.0. The minimum absolute atomic E-state index is 0.740. The predicted molar refractivity (Wildman–Crippen MR) is 60.5 cm³/mol. The third-order valence-corrected chi connectivity index (χ3v) is 3.17. The Kier molecular flexibility index (Phi) is 6.20. The zero-order valence-corrected chi connectivity index (χ0v) is 9.72. The van der Waals surface area contributed by atoms with Gasteiger partial charge in [0.05, 0.1) is 0 Å². The lowest BCUT2D eigenvalue weighted by atomic mass is 9.88. The molecule has 0 aromatic heterocycles. The van der Waals surface area contributed by atoms with E-state index in [2.05, 4.69) is 19.2 Å². The Labute approximate surface area is 88.4 Å². The standard InChI is InChI=1S/C12H25NO/c1-3-5-6-12(13-4-2)11-7-9-14-10-8-11/h11-13H,3-10H2,1-2H3. The molecule has 2 heteroatoms. The molecule has 0 amide bonds. The van der Waals surface area contributed by atoms with E-state index in [9.17, 15) is 0 Å². The van der Waals surface area contributed by atoms with E-state index in [0.29, 0.717) is 0 Å². The number of nitrogens with one attached hydrogen (secondary N) is 1. The van der Waals surface area contributed by atoms with Crippen LogP contribution in [0.4, 0.5) is 0 Å². The highest BCUT2D eigenvalue weighted by Crippen LogP contribution is 2.22. The number of rotatable bonds is 6. The zero-order chi connectivity index (χ0) is 10.2. The molecule has 0 spiro atoms. The van der Waals surface area contributed by atoms with Crippen molar-refractivity contribution in [2.24, 2.45) is 5.92 Å². The molecular formula is C12H25NO. The van der Waals surface area contributed by atoms with Crippen molar-refractivity contribution in [1.82, 2.24) is 5.32 Å². The molecule has 0 aliphatic carbocycles. The molecule has 0 bridgehead atoms. The van der Waals surface area contributed by atoms with Crippen molar-refractivity contribution in [1.29, 1.82) is 0 Å². The molecule has 84 valence electrons. The van der Waals surface area contributed by atoms with Crippen molar-refractivity contribution in [3.05, 3.63) is 0 Å². The molecule has 1 saturated heterocycles. The second kappa shape index (κ2) is 7.24. The Morgan fingerprint density at radius 3 is 2.57 bits per heavy atom. The third kappa shape index (κ3) is 3.97. The van der Waals surface area contributed by atoms with E-state index in [1.165, 1.54) is 32.1 Å². The number of hydrogen-bond donors (Lipinski definition) is 1. The quantitative estimate of drug-likeness (QED) is 0.710. The van der Waals surface area contributed by atoms with Crippen LogP contribution >= 0.6 is 0 Å². The van der Waals surface area contributed by atoms with Gasteiger partial charge in [0.1, 0.15) is 0 Å². The molecule has 14 heavy (non-hydrogen) atoms. The van der Waals surface area contributed by atoms with Gasteiger partial charge in [-0.25, -0.2) is 0 Å². The smallest absolute Gasteiger partial charge is 0.0469 e. The monoisotopic (exact) mass is 199 g/mol. The Hall–Kier alpha value is -0.0800. The highest BCUT2D eigenvalue weighted by molar-refractivity contribution is 4.77.